The van der Waals surface area contributed by atoms with Gasteiger partial charge < -0.3 is 15.3 Å². The molecule has 0 unspecified atom stereocenters. The zero-order valence-corrected chi connectivity index (χ0v) is 9.39. The topological polar surface area (TPSA) is 94.8 Å². The van der Waals surface area contributed by atoms with Crippen molar-refractivity contribution in [3.05, 3.63) is 59.1 Å². The predicted molar refractivity (Wildman–Crippen MR) is 66.6 cm³/mol. The van der Waals surface area contributed by atoms with Gasteiger partial charge in [-0.1, -0.05) is 18.1 Å². The van der Waals surface area contributed by atoms with Gasteiger partial charge in [-0.15, -0.1) is 0 Å². The van der Waals surface area contributed by atoms with Crippen molar-refractivity contribution in [3.8, 4) is 11.5 Å². The number of rotatable bonds is 3. The summed E-state index contributed by atoms with van der Waals surface area (Å²) in [6.45, 7) is 0. The number of carbonyl (C=O) groups excluding carboxylic acids is 1. The summed E-state index contributed by atoms with van der Waals surface area (Å²) in [5.74, 6) is -3.75. The Balaban J connectivity index is 2.81. The summed E-state index contributed by atoms with van der Waals surface area (Å²) >= 11 is 0. The van der Waals surface area contributed by atoms with Crippen LogP contribution in [0.25, 0.3) is 0 Å². The third-order valence-electron chi connectivity index (χ3n) is 2.35. The Morgan fingerprint density at radius 3 is 2.21 bits per heavy atom. The summed E-state index contributed by atoms with van der Waals surface area (Å²) in [5, 5.41) is 28.1. The Kier molecular flexibility index (Phi) is 2.11. The highest BCUT2D eigenvalue weighted by molar-refractivity contribution is 6.15. The van der Waals surface area contributed by atoms with Gasteiger partial charge >= 0.3 is 5.97 Å². The molecule has 5 heteroatoms. The molecule has 0 heterocycles. The summed E-state index contributed by atoms with van der Waals surface area (Å²) in [6.07, 6.45) is 0. The molecule has 0 atom stereocenters. The minimum atomic E-state index is -1.70. The zero-order valence-electron chi connectivity index (χ0n) is 13.4. The summed E-state index contributed by atoms with van der Waals surface area (Å²) in [4.78, 5) is 23.8. The van der Waals surface area contributed by atoms with Crippen LogP contribution in [0.15, 0.2) is 42.4 Å². The van der Waals surface area contributed by atoms with Crippen molar-refractivity contribution in [3.63, 3.8) is 0 Å². The molecule has 0 aliphatic rings. The highest BCUT2D eigenvalue weighted by atomic mass is 16.4. The van der Waals surface area contributed by atoms with E-state index in [2.05, 4.69) is 0 Å². The van der Waals surface area contributed by atoms with Crippen LogP contribution < -0.4 is 0 Å². The number of aromatic carboxylic acids is 1. The molecule has 0 radical (unpaired) electrons. The molecule has 0 spiro atoms. The molecule has 19 heavy (non-hydrogen) atoms. The molecule has 3 N–H and O–H groups in total. The molecular weight excluding hydrogens is 248 g/mol. The van der Waals surface area contributed by atoms with Crippen LogP contribution in [-0.2, 0) is 0 Å². The minimum Gasteiger partial charge on any atom is -0.508 e. The van der Waals surface area contributed by atoms with Gasteiger partial charge in [0.15, 0.2) is 5.78 Å². The molecule has 2 aromatic rings. The molecule has 0 bridgehead atoms. The van der Waals surface area contributed by atoms with Crippen molar-refractivity contribution in [2.24, 2.45) is 0 Å². The lowest BCUT2D eigenvalue weighted by Crippen LogP contribution is -2.09. The van der Waals surface area contributed by atoms with Gasteiger partial charge in [-0.05, 0) is 18.2 Å². The Morgan fingerprint density at radius 2 is 1.63 bits per heavy atom. The summed E-state index contributed by atoms with van der Waals surface area (Å²) < 4.78 is 30.4. The third-order valence-corrected chi connectivity index (χ3v) is 2.35. The summed E-state index contributed by atoms with van der Waals surface area (Å²) in [5.41, 5.74) is -2.03. The van der Waals surface area contributed by atoms with Crippen LogP contribution in [0.4, 0.5) is 0 Å². The normalized spacial score (nSPS) is 13.1. The van der Waals surface area contributed by atoms with Gasteiger partial charge in [0, 0.05) is 11.6 Å². The molecule has 2 rings (SSSR count). The Bertz CT molecular complexity index is 848. The predicted octanol–water partition coefficient (Wildman–Crippen LogP) is 2.03. The van der Waals surface area contributed by atoms with Crippen molar-refractivity contribution < 1.29 is 30.4 Å². The molecule has 96 valence electrons. The highest BCUT2D eigenvalue weighted by Crippen LogP contribution is 2.26. The van der Waals surface area contributed by atoms with Crippen molar-refractivity contribution in [2.45, 2.75) is 0 Å². The molecular formula is C14H10O5. The Morgan fingerprint density at radius 1 is 1.00 bits per heavy atom. The number of hydrogen-bond donors (Lipinski definition) is 3. The van der Waals surface area contributed by atoms with E-state index in [-0.39, 0.29) is 5.75 Å². The number of carboxylic acids is 1. The van der Waals surface area contributed by atoms with Gasteiger partial charge in [-0.3, -0.25) is 4.79 Å². The Hall–Kier alpha value is -2.82. The van der Waals surface area contributed by atoms with Gasteiger partial charge in [0.2, 0.25) is 0 Å². The van der Waals surface area contributed by atoms with Gasteiger partial charge in [0.25, 0.3) is 0 Å². The third kappa shape index (κ3) is 2.40. The van der Waals surface area contributed by atoms with E-state index in [1.807, 2.05) is 0 Å². The van der Waals surface area contributed by atoms with Crippen LogP contribution in [0.5, 0.6) is 11.5 Å². The van der Waals surface area contributed by atoms with Crippen LogP contribution in [-0.4, -0.2) is 27.1 Å². The first-order valence-electron chi connectivity index (χ1n) is 7.07. The standard InChI is InChI=1S/C14H10O5/c15-8-5-6-11(12(16)7-8)13(17)9-3-1-2-4-10(9)14(18)19/h1-7,15-16H,(H,18,19)/i1D,2D,3D,4D. The van der Waals surface area contributed by atoms with E-state index in [9.17, 15) is 24.9 Å². The van der Waals surface area contributed by atoms with E-state index in [0.717, 1.165) is 18.2 Å². The van der Waals surface area contributed by atoms with Gasteiger partial charge in [-0.25, -0.2) is 4.79 Å². The van der Waals surface area contributed by atoms with Crippen molar-refractivity contribution in [1.82, 2.24) is 0 Å². The second kappa shape index (κ2) is 4.81. The molecule has 0 saturated heterocycles. The van der Waals surface area contributed by atoms with Crippen LogP contribution in [0.2, 0.25) is 0 Å². The minimum absolute atomic E-state index is 0.326. The maximum Gasteiger partial charge on any atom is 0.336 e. The number of hydrogen-bond acceptors (Lipinski definition) is 4. The fraction of sp³-hybridized carbons (Fsp3) is 0. The second-order valence-electron chi connectivity index (χ2n) is 3.59. The number of ketones is 1. The first kappa shape index (κ1) is 8.31. The van der Waals surface area contributed by atoms with Gasteiger partial charge in [0.05, 0.1) is 16.6 Å². The van der Waals surface area contributed by atoms with Crippen LogP contribution in [0.1, 0.15) is 31.8 Å². The van der Waals surface area contributed by atoms with E-state index >= 15 is 0 Å². The fourth-order valence-corrected chi connectivity index (χ4v) is 1.49. The molecule has 0 aliphatic carbocycles. The quantitative estimate of drug-likeness (QED) is 0.735. The van der Waals surface area contributed by atoms with Gasteiger partial charge in [-0.2, -0.15) is 0 Å². The SMILES string of the molecule is [2H]c1c([2H])c([2H])c(C(=O)c2ccc(O)cc2O)c(C(=O)O)c1[2H]. The average molecular weight is 262 g/mol. The second-order valence-corrected chi connectivity index (χ2v) is 3.59. The largest absolute Gasteiger partial charge is 0.508 e. The van der Waals surface area contributed by atoms with E-state index in [1.165, 1.54) is 0 Å². The number of carbonyl (C=O) groups is 2. The lowest BCUT2D eigenvalue weighted by atomic mass is 9.98. The van der Waals surface area contributed by atoms with E-state index in [4.69, 9.17) is 5.48 Å². The van der Waals surface area contributed by atoms with Crippen molar-refractivity contribution in [1.29, 1.82) is 0 Å². The fourth-order valence-electron chi connectivity index (χ4n) is 1.49. The number of carboxylic acid groups (broad SMARTS) is 1. The molecule has 2 aromatic carbocycles. The maximum absolute atomic E-state index is 12.5. The highest BCUT2D eigenvalue weighted by Gasteiger charge is 2.19. The van der Waals surface area contributed by atoms with Crippen LogP contribution >= 0.6 is 0 Å². The van der Waals surface area contributed by atoms with Crippen LogP contribution in [0, 0.1) is 0 Å². The Labute approximate surface area is 114 Å². The molecule has 0 aromatic heterocycles. The lowest BCUT2D eigenvalue weighted by molar-refractivity contribution is 0.0692. The van der Waals surface area contributed by atoms with Crippen molar-refractivity contribution >= 4 is 11.8 Å². The maximum atomic E-state index is 12.5. The molecule has 0 fully saturated rings. The number of phenols is 2. The van der Waals surface area contributed by atoms with E-state index in [1.54, 1.807) is 0 Å². The number of phenolic OH excluding ortho intramolecular Hbond substituents is 2. The van der Waals surface area contributed by atoms with Crippen molar-refractivity contribution in [2.75, 3.05) is 0 Å². The van der Waals surface area contributed by atoms with Crippen LogP contribution in [0.3, 0.4) is 0 Å². The zero-order chi connectivity index (χ0) is 17.5. The lowest BCUT2D eigenvalue weighted by Gasteiger charge is -2.07. The summed E-state index contributed by atoms with van der Waals surface area (Å²) in [7, 11) is 0. The average Bonchev–Trinajstić information content (AvgIpc) is 2.47. The first-order valence-corrected chi connectivity index (χ1v) is 5.07. The molecule has 0 amide bonds. The van der Waals surface area contributed by atoms with Gasteiger partial charge in [0.1, 0.15) is 11.5 Å². The summed E-state index contributed by atoms with van der Waals surface area (Å²) in [6, 6.07) is -0.250. The number of aromatic hydroxyl groups is 2. The smallest absolute Gasteiger partial charge is 0.336 e. The van der Waals surface area contributed by atoms with E-state index in [0.29, 0.717) is 0 Å². The first-order chi connectivity index (χ1) is 10.7. The van der Waals surface area contributed by atoms with E-state index < -0.39 is 58.4 Å². The number of benzene rings is 2. The molecule has 0 saturated carbocycles. The monoisotopic (exact) mass is 262 g/mol. The molecule has 0 aliphatic heterocycles. The molecule has 5 nitrogen and oxygen atoms in total.